The van der Waals surface area contributed by atoms with Gasteiger partial charge in [0.05, 0.1) is 21.7 Å². The first-order valence-corrected chi connectivity index (χ1v) is 6.73. The van der Waals surface area contributed by atoms with Crippen molar-refractivity contribution >= 4 is 22.6 Å². The molecule has 1 unspecified atom stereocenters. The van der Waals surface area contributed by atoms with E-state index in [0.717, 1.165) is 16.9 Å². The molecule has 2 heterocycles. The maximum absolute atomic E-state index is 10.3. The van der Waals surface area contributed by atoms with Gasteiger partial charge in [0.25, 0.3) is 0 Å². The summed E-state index contributed by atoms with van der Waals surface area (Å²) in [6, 6.07) is 11.4. The van der Waals surface area contributed by atoms with E-state index < -0.39 is 6.10 Å². The van der Waals surface area contributed by atoms with Gasteiger partial charge < -0.3 is 9.67 Å². The van der Waals surface area contributed by atoms with E-state index >= 15 is 0 Å². The van der Waals surface area contributed by atoms with Crippen LogP contribution in [0.3, 0.4) is 0 Å². The van der Waals surface area contributed by atoms with Crippen LogP contribution in [0.4, 0.5) is 0 Å². The summed E-state index contributed by atoms with van der Waals surface area (Å²) < 4.78 is 1.99. The smallest absolute Gasteiger partial charge is 0.112 e. The zero-order valence-electron chi connectivity index (χ0n) is 11.0. The number of aliphatic hydroxyl groups excluding tert-OH is 1. The Morgan fingerprint density at radius 2 is 2.05 bits per heavy atom. The van der Waals surface area contributed by atoms with Gasteiger partial charge in [-0.15, -0.1) is 0 Å². The fourth-order valence-corrected chi connectivity index (χ4v) is 2.35. The minimum Gasteiger partial charge on any atom is -0.386 e. The first-order chi connectivity index (χ1) is 9.65. The largest absolute Gasteiger partial charge is 0.386 e. The molecule has 102 valence electrons. The van der Waals surface area contributed by atoms with Crippen molar-refractivity contribution in [2.75, 3.05) is 0 Å². The Morgan fingerprint density at radius 1 is 1.25 bits per heavy atom. The second-order valence-electron chi connectivity index (χ2n) is 4.70. The lowest BCUT2D eigenvalue weighted by Gasteiger charge is -2.10. The number of hydrogen-bond acceptors (Lipinski definition) is 3. The lowest BCUT2D eigenvalue weighted by atomic mass is 10.1. The van der Waals surface area contributed by atoms with Crippen molar-refractivity contribution in [2.45, 2.75) is 12.5 Å². The summed E-state index contributed by atoms with van der Waals surface area (Å²) in [7, 11) is 1.95. The number of fused-ring (bicyclic) bond motifs is 1. The van der Waals surface area contributed by atoms with E-state index in [0.29, 0.717) is 17.1 Å². The molecule has 3 rings (SSSR count). The van der Waals surface area contributed by atoms with Crippen molar-refractivity contribution in [2.24, 2.45) is 7.05 Å². The van der Waals surface area contributed by atoms with Crippen molar-refractivity contribution < 1.29 is 5.11 Å². The number of para-hydroxylation sites is 2. The van der Waals surface area contributed by atoms with Crippen LogP contribution in [0.25, 0.3) is 11.0 Å². The third-order valence-corrected chi connectivity index (χ3v) is 3.57. The Morgan fingerprint density at radius 3 is 2.75 bits per heavy atom. The van der Waals surface area contributed by atoms with Gasteiger partial charge in [-0.05, 0) is 24.3 Å². The molecule has 0 radical (unpaired) electrons. The van der Waals surface area contributed by atoms with Gasteiger partial charge in [-0.1, -0.05) is 23.7 Å². The number of aliphatic hydroxyl groups is 1. The lowest BCUT2D eigenvalue weighted by molar-refractivity contribution is 0.170. The summed E-state index contributed by atoms with van der Waals surface area (Å²) in [4.78, 5) is 8.68. The predicted octanol–water partition coefficient (Wildman–Crippen LogP) is 2.90. The van der Waals surface area contributed by atoms with Crippen molar-refractivity contribution in [3.8, 4) is 0 Å². The number of pyridine rings is 1. The zero-order valence-corrected chi connectivity index (χ0v) is 11.7. The van der Waals surface area contributed by atoms with Crippen LogP contribution in [0.1, 0.15) is 17.6 Å². The molecule has 0 aliphatic heterocycles. The minimum absolute atomic E-state index is 0.416. The monoisotopic (exact) mass is 287 g/mol. The summed E-state index contributed by atoms with van der Waals surface area (Å²) in [5.41, 5.74) is 2.58. The average molecular weight is 288 g/mol. The molecule has 1 atom stereocenters. The predicted molar refractivity (Wildman–Crippen MR) is 78.6 cm³/mol. The van der Waals surface area contributed by atoms with E-state index in [1.54, 1.807) is 12.1 Å². The van der Waals surface area contributed by atoms with Gasteiger partial charge in [-0.3, -0.25) is 4.98 Å². The van der Waals surface area contributed by atoms with E-state index in [2.05, 4.69) is 9.97 Å². The second kappa shape index (κ2) is 5.23. The fourth-order valence-electron chi connectivity index (χ4n) is 2.24. The van der Waals surface area contributed by atoms with Crippen molar-refractivity contribution in [1.29, 1.82) is 0 Å². The van der Waals surface area contributed by atoms with Crippen LogP contribution in [-0.4, -0.2) is 19.6 Å². The Balaban J connectivity index is 1.89. The molecule has 1 N–H and O–H groups in total. The molecule has 3 aromatic rings. The number of aromatic nitrogens is 3. The van der Waals surface area contributed by atoms with E-state index in [4.69, 9.17) is 11.6 Å². The highest BCUT2D eigenvalue weighted by molar-refractivity contribution is 6.30. The first kappa shape index (κ1) is 13.1. The van der Waals surface area contributed by atoms with E-state index in [-0.39, 0.29) is 0 Å². The first-order valence-electron chi connectivity index (χ1n) is 6.35. The number of aryl methyl sites for hydroxylation is 1. The Labute approximate surface area is 121 Å². The van der Waals surface area contributed by atoms with Crippen LogP contribution in [0.2, 0.25) is 5.02 Å². The molecule has 5 heteroatoms. The molecule has 1 aromatic carbocycles. The molecular formula is C15H14ClN3O. The average Bonchev–Trinajstić information content (AvgIpc) is 2.77. The van der Waals surface area contributed by atoms with Crippen LogP contribution in [0, 0.1) is 0 Å². The Kier molecular flexibility index (Phi) is 3.42. The summed E-state index contributed by atoms with van der Waals surface area (Å²) >= 11 is 5.79. The lowest BCUT2D eigenvalue weighted by Crippen LogP contribution is -2.08. The van der Waals surface area contributed by atoms with Gasteiger partial charge in [0, 0.05) is 19.7 Å². The third kappa shape index (κ3) is 2.40. The topological polar surface area (TPSA) is 50.9 Å². The van der Waals surface area contributed by atoms with Crippen LogP contribution in [-0.2, 0) is 13.5 Å². The summed E-state index contributed by atoms with van der Waals surface area (Å²) in [6.45, 7) is 0. The molecule has 0 bridgehead atoms. The number of rotatable bonds is 3. The normalized spacial score (nSPS) is 12.8. The summed E-state index contributed by atoms with van der Waals surface area (Å²) in [5.74, 6) is 0.829. The highest BCUT2D eigenvalue weighted by Gasteiger charge is 2.15. The number of imidazole rings is 1. The number of nitrogens with zero attached hydrogens (tertiary/aromatic N) is 3. The van der Waals surface area contributed by atoms with E-state index in [1.165, 1.54) is 6.20 Å². The van der Waals surface area contributed by atoms with Gasteiger partial charge >= 0.3 is 0 Å². The van der Waals surface area contributed by atoms with Gasteiger partial charge in [-0.25, -0.2) is 4.98 Å². The molecule has 0 saturated heterocycles. The molecule has 0 fully saturated rings. The SMILES string of the molecule is Cn1c(CC(O)c2ccc(Cl)cn2)nc2ccccc21. The molecule has 2 aromatic heterocycles. The van der Waals surface area contributed by atoms with Gasteiger partial charge in [0.15, 0.2) is 0 Å². The fraction of sp³-hybridized carbons (Fsp3) is 0.200. The molecule has 0 aliphatic carbocycles. The molecular weight excluding hydrogens is 274 g/mol. The van der Waals surface area contributed by atoms with Crippen LogP contribution in [0.15, 0.2) is 42.6 Å². The zero-order chi connectivity index (χ0) is 14.1. The molecule has 0 spiro atoms. The van der Waals surface area contributed by atoms with E-state index in [1.807, 2.05) is 35.9 Å². The molecule has 0 aliphatic rings. The van der Waals surface area contributed by atoms with Crippen LogP contribution in [0.5, 0.6) is 0 Å². The minimum atomic E-state index is -0.692. The molecule has 0 saturated carbocycles. The van der Waals surface area contributed by atoms with Crippen molar-refractivity contribution in [3.05, 3.63) is 59.1 Å². The number of halogens is 1. The Bertz CT molecular complexity index is 736. The summed E-state index contributed by atoms with van der Waals surface area (Å²) in [6.07, 6.45) is 1.26. The van der Waals surface area contributed by atoms with Gasteiger partial charge in [0.1, 0.15) is 11.9 Å². The maximum atomic E-state index is 10.3. The van der Waals surface area contributed by atoms with Crippen LogP contribution >= 0.6 is 11.6 Å². The molecule has 0 amide bonds. The van der Waals surface area contributed by atoms with Crippen molar-refractivity contribution in [1.82, 2.24) is 14.5 Å². The highest BCUT2D eigenvalue weighted by Crippen LogP contribution is 2.20. The van der Waals surface area contributed by atoms with Gasteiger partial charge in [0.2, 0.25) is 0 Å². The standard InChI is InChI=1S/C15H14ClN3O/c1-19-13-5-3-2-4-11(13)18-15(19)8-14(20)12-7-6-10(16)9-17-12/h2-7,9,14,20H,8H2,1H3. The summed E-state index contributed by atoms with van der Waals surface area (Å²) in [5, 5.41) is 10.8. The van der Waals surface area contributed by atoms with Crippen LogP contribution < -0.4 is 0 Å². The van der Waals surface area contributed by atoms with Gasteiger partial charge in [-0.2, -0.15) is 0 Å². The maximum Gasteiger partial charge on any atom is 0.112 e. The third-order valence-electron chi connectivity index (χ3n) is 3.35. The molecule has 4 nitrogen and oxygen atoms in total. The van der Waals surface area contributed by atoms with E-state index in [9.17, 15) is 5.11 Å². The second-order valence-corrected chi connectivity index (χ2v) is 5.13. The Hall–Kier alpha value is -1.91. The quantitative estimate of drug-likeness (QED) is 0.806. The highest BCUT2D eigenvalue weighted by atomic mass is 35.5. The van der Waals surface area contributed by atoms with Crippen molar-refractivity contribution in [3.63, 3.8) is 0 Å². The number of hydrogen-bond donors (Lipinski definition) is 1. The number of benzene rings is 1. The molecule has 20 heavy (non-hydrogen) atoms.